The van der Waals surface area contributed by atoms with E-state index in [4.69, 9.17) is 4.74 Å². The fraction of sp³-hybridized carbons (Fsp3) is 0.700. The van der Waals surface area contributed by atoms with Gasteiger partial charge in [-0.1, -0.05) is 12.2 Å². The normalized spacial score (nSPS) is 29.1. The third kappa shape index (κ3) is 1.48. The molecule has 0 saturated carbocycles. The molecule has 2 aliphatic rings. The molecule has 0 aromatic rings. The van der Waals surface area contributed by atoms with Crippen molar-refractivity contribution < 1.29 is 4.74 Å². The summed E-state index contributed by atoms with van der Waals surface area (Å²) in [4.78, 5) is 0. The molecule has 1 radical (unpaired) electrons. The number of hydrogen-bond donors (Lipinski definition) is 0. The number of allylic oxidation sites excluding steroid dienone is 2. The Morgan fingerprint density at radius 1 is 1.27 bits per heavy atom. The van der Waals surface area contributed by atoms with Crippen LogP contribution in [0.5, 0.6) is 0 Å². The molecule has 1 atom stereocenters. The number of hydrogen-bond acceptors (Lipinski definition) is 1. The molecule has 1 unspecified atom stereocenters. The van der Waals surface area contributed by atoms with Crippen molar-refractivity contribution in [3.8, 4) is 0 Å². The van der Waals surface area contributed by atoms with Gasteiger partial charge in [0.1, 0.15) is 0 Å². The molecule has 1 nitrogen and oxygen atoms in total. The summed E-state index contributed by atoms with van der Waals surface area (Å²) in [6, 6.07) is 0. The van der Waals surface area contributed by atoms with E-state index in [1.165, 1.54) is 25.7 Å². The van der Waals surface area contributed by atoms with Gasteiger partial charge in [-0.2, -0.15) is 0 Å². The molecule has 0 aromatic heterocycles. The van der Waals surface area contributed by atoms with E-state index in [2.05, 4.69) is 18.6 Å². The first-order valence-electron chi connectivity index (χ1n) is 4.51. The number of rotatable bonds is 0. The molecule has 1 spiro atoms. The smallest absolute Gasteiger partial charge is 0.0506 e. The molecule has 0 amide bonds. The molecule has 2 rings (SSSR count). The summed E-state index contributed by atoms with van der Waals surface area (Å²) >= 11 is 0. The van der Waals surface area contributed by atoms with Crippen LogP contribution in [0.4, 0.5) is 0 Å². The molecular weight excluding hydrogens is 136 g/mol. The number of ether oxygens (including phenoxy) is 1. The standard InChI is InChI=1S/C10H15O/c1-2-4-10(5-3-1)6-8-11-9-7-10/h2,4,6H,1,3,5,7-9H2. The van der Waals surface area contributed by atoms with Gasteiger partial charge in [0.15, 0.2) is 0 Å². The monoisotopic (exact) mass is 151 g/mol. The minimum atomic E-state index is 0.427. The molecule has 0 N–H and O–H groups in total. The fourth-order valence-corrected chi connectivity index (χ4v) is 2.00. The van der Waals surface area contributed by atoms with E-state index in [9.17, 15) is 0 Å². The largest absolute Gasteiger partial charge is 0.381 e. The van der Waals surface area contributed by atoms with Gasteiger partial charge in [0.05, 0.1) is 6.61 Å². The maximum atomic E-state index is 5.31. The van der Waals surface area contributed by atoms with E-state index in [1.807, 2.05) is 0 Å². The molecule has 1 fully saturated rings. The van der Waals surface area contributed by atoms with Gasteiger partial charge in [-0.15, -0.1) is 0 Å². The van der Waals surface area contributed by atoms with Gasteiger partial charge in [0, 0.05) is 6.61 Å². The molecule has 1 heterocycles. The first-order valence-corrected chi connectivity index (χ1v) is 4.51. The van der Waals surface area contributed by atoms with E-state index >= 15 is 0 Å². The summed E-state index contributed by atoms with van der Waals surface area (Å²) in [7, 11) is 0. The second-order valence-electron chi connectivity index (χ2n) is 3.56. The lowest BCUT2D eigenvalue weighted by Crippen LogP contribution is -2.29. The fourth-order valence-electron chi connectivity index (χ4n) is 2.00. The molecule has 11 heavy (non-hydrogen) atoms. The predicted octanol–water partition coefficient (Wildman–Crippen LogP) is 2.34. The Morgan fingerprint density at radius 3 is 2.91 bits per heavy atom. The summed E-state index contributed by atoms with van der Waals surface area (Å²) in [6.45, 7) is 1.80. The lowest BCUT2D eigenvalue weighted by Gasteiger charge is -2.36. The van der Waals surface area contributed by atoms with Crippen LogP contribution in [0.25, 0.3) is 0 Å². The molecule has 1 aliphatic carbocycles. The van der Waals surface area contributed by atoms with Crippen LogP contribution in [-0.2, 0) is 4.74 Å². The Hall–Kier alpha value is -0.300. The predicted molar refractivity (Wildman–Crippen MR) is 45.2 cm³/mol. The maximum absolute atomic E-state index is 5.31. The van der Waals surface area contributed by atoms with Crippen molar-refractivity contribution in [3.05, 3.63) is 18.6 Å². The zero-order valence-electron chi connectivity index (χ0n) is 6.88. The summed E-state index contributed by atoms with van der Waals surface area (Å²) in [6.07, 6.45) is 12.2. The highest BCUT2D eigenvalue weighted by atomic mass is 16.5. The Bertz CT molecular complexity index is 154. The van der Waals surface area contributed by atoms with Crippen LogP contribution in [0.3, 0.4) is 0 Å². The third-order valence-corrected chi connectivity index (χ3v) is 2.78. The SMILES string of the molecule is [CH]1COCCC12C=CCCC2. The van der Waals surface area contributed by atoms with Crippen molar-refractivity contribution in [1.29, 1.82) is 0 Å². The average Bonchev–Trinajstić information content (AvgIpc) is 2.07. The van der Waals surface area contributed by atoms with Crippen molar-refractivity contribution in [2.45, 2.75) is 25.7 Å². The Labute approximate surface area is 68.4 Å². The quantitative estimate of drug-likeness (QED) is 0.483. The first kappa shape index (κ1) is 7.35. The molecule has 1 aliphatic heterocycles. The summed E-state index contributed by atoms with van der Waals surface area (Å²) < 4.78 is 5.31. The Balaban J connectivity index is 2.06. The Kier molecular flexibility index (Phi) is 1.99. The van der Waals surface area contributed by atoms with Crippen molar-refractivity contribution in [2.24, 2.45) is 5.41 Å². The summed E-state index contributed by atoms with van der Waals surface area (Å²) in [5.74, 6) is 0. The van der Waals surface area contributed by atoms with E-state index < -0.39 is 0 Å². The maximum Gasteiger partial charge on any atom is 0.0506 e. The van der Waals surface area contributed by atoms with Gasteiger partial charge in [-0.3, -0.25) is 0 Å². The topological polar surface area (TPSA) is 9.23 Å². The van der Waals surface area contributed by atoms with Crippen molar-refractivity contribution >= 4 is 0 Å². The molecule has 1 heteroatoms. The van der Waals surface area contributed by atoms with Crippen LogP contribution < -0.4 is 0 Å². The van der Waals surface area contributed by atoms with Gasteiger partial charge in [-0.05, 0) is 37.5 Å². The second kappa shape index (κ2) is 2.98. The van der Waals surface area contributed by atoms with Gasteiger partial charge >= 0.3 is 0 Å². The van der Waals surface area contributed by atoms with Crippen LogP contribution >= 0.6 is 0 Å². The third-order valence-electron chi connectivity index (χ3n) is 2.78. The first-order chi connectivity index (χ1) is 5.41. The van der Waals surface area contributed by atoms with E-state index in [0.29, 0.717) is 5.41 Å². The highest BCUT2D eigenvalue weighted by molar-refractivity contribution is 5.11. The van der Waals surface area contributed by atoms with Gasteiger partial charge in [0.25, 0.3) is 0 Å². The zero-order valence-corrected chi connectivity index (χ0v) is 6.88. The molecule has 61 valence electrons. The van der Waals surface area contributed by atoms with Crippen LogP contribution in [0.1, 0.15) is 25.7 Å². The van der Waals surface area contributed by atoms with Crippen molar-refractivity contribution in [1.82, 2.24) is 0 Å². The Morgan fingerprint density at radius 2 is 2.27 bits per heavy atom. The van der Waals surface area contributed by atoms with E-state index in [-0.39, 0.29) is 0 Å². The minimum Gasteiger partial charge on any atom is -0.381 e. The van der Waals surface area contributed by atoms with Gasteiger partial charge in [0.2, 0.25) is 0 Å². The second-order valence-corrected chi connectivity index (χ2v) is 3.56. The highest BCUT2D eigenvalue weighted by Gasteiger charge is 2.30. The van der Waals surface area contributed by atoms with Crippen LogP contribution in [0, 0.1) is 11.8 Å². The highest BCUT2D eigenvalue weighted by Crippen LogP contribution is 2.39. The minimum absolute atomic E-state index is 0.427. The van der Waals surface area contributed by atoms with E-state index in [1.54, 1.807) is 0 Å². The van der Waals surface area contributed by atoms with Crippen LogP contribution in [0.15, 0.2) is 12.2 Å². The van der Waals surface area contributed by atoms with Crippen molar-refractivity contribution in [2.75, 3.05) is 13.2 Å². The molecule has 0 bridgehead atoms. The molecular formula is C10H15O. The lowest BCUT2D eigenvalue weighted by molar-refractivity contribution is 0.0745. The van der Waals surface area contributed by atoms with Gasteiger partial charge in [-0.25, -0.2) is 0 Å². The molecule has 0 aromatic carbocycles. The zero-order chi connectivity index (χ0) is 7.57. The van der Waals surface area contributed by atoms with Crippen LogP contribution in [0.2, 0.25) is 0 Å². The van der Waals surface area contributed by atoms with Gasteiger partial charge < -0.3 is 4.74 Å². The summed E-state index contributed by atoms with van der Waals surface area (Å²) in [5.41, 5.74) is 0.427. The molecule has 1 saturated heterocycles. The average molecular weight is 151 g/mol. The van der Waals surface area contributed by atoms with E-state index in [0.717, 1.165) is 13.2 Å². The van der Waals surface area contributed by atoms with Crippen LogP contribution in [-0.4, -0.2) is 13.2 Å². The van der Waals surface area contributed by atoms with Crippen molar-refractivity contribution in [3.63, 3.8) is 0 Å². The summed E-state index contributed by atoms with van der Waals surface area (Å²) in [5, 5.41) is 0. The lowest BCUT2D eigenvalue weighted by atomic mass is 9.73.